The molecule has 0 aliphatic carbocycles. The Balaban J connectivity index is 2.73. The molecule has 0 radical (unpaired) electrons. The van der Waals surface area contributed by atoms with E-state index in [0.717, 1.165) is 33.4 Å². The molecule has 2 nitrogen and oxygen atoms in total. The average molecular weight is 302 g/mol. The number of aryl methyl sites for hydroxylation is 4. The Morgan fingerprint density at radius 1 is 0.762 bits per heavy atom. The van der Waals surface area contributed by atoms with Crippen LogP contribution in [0.2, 0.25) is 0 Å². The summed E-state index contributed by atoms with van der Waals surface area (Å²) in [5, 5.41) is 20.4. The predicted octanol–water partition coefficient (Wildman–Crippen LogP) is 4.47. The third-order valence-corrected chi connectivity index (χ3v) is 4.63. The second-order valence-electron chi connectivity index (χ2n) is 6.16. The van der Waals surface area contributed by atoms with Crippen molar-refractivity contribution < 1.29 is 10.2 Å². The number of hydrogen-bond acceptors (Lipinski definition) is 2. The molecular weight excluding hydrogens is 279 g/mol. The minimum absolute atomic E-state index is 0.289. The van der Waals surface area contributed by atoms with Crippen LogP contribution < -0.4 is 0 Å². The fourth-order valence-electron chi connectivity index (χ4n) is 2.86. The van der Waals surface area contributed by atoms with Crippen LogP contribution in [-0.2, 0) is 5.16 Å². The predicted molar refractivity (Wildman–Crippen MR) is 91.3 cm³/mol. The second-order valence-corrected chi connectivity index (χ2v) is 7.31. The van der Waals surface area contributed by atoms with Gasteiger partial charge in [0.05, 0.1) is 0 Å². The SMILES string of the molecule is Cc1cc(C)c(O)c(C(C)(P)c2cc(C)cc(C)c2O)c1. The molecule has 0 aliphatic rings. The fourth-order valence-corrected chi connectivity index (χ4v) is 3.30. The lowest BCUT2D eigenvalue weighted by molar-refractivity contribution is 0.448. The number of phenolic OH excluding ortho intramolecular Hbond substituents is 2. The molecule has 0 aliphatic heterocycles. The fraction of sp³-hybridized carbons (Fsp3) is 0.333. The topological polar surface area (TPSA) is 40.5 Å². The molecule has 0 saturated heterocycles. The van der Waals surface area contributed by atoms with Gasteiger partial charge in [0.1, 0.15) is 11.5 Å². The Bertz CT molecular complexity index is 643. The van der Waals surface area contributed by atoms with Crippen LogP contribution in [0.1, 0.15) is 40.3 Å². The molecule has 3 heteroatoms. The maximum Gasteiger partial charge on any atom is 0.122 e. The summed E-state index contributed by atoms with van der Waals surface area (Å²) in [6.45, 7) is 9.82. The Hall–Kier alpha value is -1.53. The number of phenols is 2. The first kappa shape index (κ1) is 15.9. The molecule has 0 amide bonds. The molecule has 0 aromatic heterocycles. The van der Waals surface area contributed by atoms with Crippen molar-refractivity contribution in [2.24, 2.45) is 0 Å². The number of hydrogen-bond donors (Lipinski definition) is 2. The van der Waals surface area contributed by atoms with Gasteiger partial charge in [0.2, 0.25) is 0 Å². The van der Waals surface area contributed by atoms with Crippen molar-refractivity contribution in [3.63, 3.8) is 0 Å². The summed E-state index contributed by atoms with van der Waals surface area (Å²) < 4.78 is 0. The maximum absolute atomic E-state index is 10.5. The van der Waals surface area contributed by atoms with Gasteiger partial charge in [-0.1, -0.05) is 35.4 Å². The van der Waals surface area contributed by atoms with Crippen LogP contribution in [0, 0.1) is 27.7 Å². The highest BCUT2D eigenvalue weighted by atomic mass is 31.0. The first-order valence-corrected chi connectivity index (χ1v) is 7.62. The van der Waals surface area contributed by atoms with Gasteiger partial charge in [-0.15, -0.1) is 9.24 Å². The van der Waals surface area contributed by atoms with E-state index in [1.807, 2.05) is 58.9 Å². The van der Waals surface area contributed by atoms with Gasteiger partial charge in [-0.2, -0.15) is 0 Å². The first-order chi connectivity index (χ1) is 9.64. The molecule has 0 heterocycles. The van der Waals surface area contributed by atoms with Crippen LogP contribution in [0.15, 0.2) is 24.3 Å². The zero-order valence-corrected chi connectivity index (χ0v) is 14.4. The summed E-state index contributed by atoms with van der Waals surface area (Å²) >= 11 is 0. The minimum atomic E-state index is -0.554. The highest BCUT2D eigenvalue weighted by molar-refractivity contribution is 7.19. The van der Waals surface area contributed by atoms with E-state index in [4.69, 9.17) is 0 Å². The maximum atomic E-state index is 10.5. The number of rotatable bonds is 2. The van der Waals surface area contributed by atoms with Crippen LogP contribution in [0.5, 0.6) is 11.5 Å². The van der Waals surface area contributed by atoms with Crippen molar-refractivity contribution >= 4 is 9.24 Å². The third kappa shape index (κ3) is 2.78. The van der Waals surface area contributed by atoms with Crippen molar-refractivity contribution in [1.82, 2.24) is 0 Å². The Labute approximate surface area is 129 Å². The lowest BCUT2D eigenvalue weighted by Crippen LogP contribution is -2.16. The molecule has 21 heavy (non-hydrogen) atoms. The standard InChI is InChI=1S/C18H23O2P/c1-10-6-12(3)16(19)14(8-10)18(5,21)15-9-11(2)7-13(4)17(15)20/h6-9,19-20H,21H2,1-5H3. The van der Waals surface area contributed by atoms with Gasteiger partial charge in [0.15, 0.2) is 0 Å². The van der Waals surface area contributed by atoms with Crippen LogP contribution in [0.3, 0.4) is 0 Å². The monoisotopic (exact) mass is 302 g/mol. The molecule has 2 aromatic rings. The molecule has 2 N–H and O–H groups in total. The molecule has 0 saturated carbocycles. The zero-order valence-electron chi connectivity index (χ0n) is 13.3. The highest BCUT2D eigenvalue weighted by Crippen LogP contribution is 2.47. The number of benzene rings is 2. The third-order valence-electron chi connectivity index (χ3n) is 4.01. The molecule has 0 bridgehead atoms. The summed E-state index contributed by atoms with van der Waals surface area (Å²) in [6, 6.07) is 7.88. The van der Waals surface area contributed by atoms with Crippen molar-refractivity contribution in [2.75, 3.05) is 0 Å². The zero-order chi connectivity index (χ0) is 15.9. The lowest BCUT2D eigenvalue weighted by Gasteiger charge is -2.29. The van der Waals surface area contributed by atoms with Gasteiger partial charge in [0, 0.05) is 16.3 Å². The average Bonchev–Trinajstić information content (AvgIpc) is 2.37. The van der Waals surface area contributed by atoms with E-state index in [1.165, 1.54) is 0 Å². The van der Waals surface area contributed by atoms with Crippen molar-refractivity contribution in [3.8, 4) is 11.5 Å². The van der Waals surface area contributed by atoms with Crippen molar-refractivity contribution in [1.29, 1.82) is 0 Å². The van der Waals surface area contributed by atoms with Crippen LogP contribution in [0.25, 0.3) is 0 Å². The van der Waals surface area contributed by atoms with E-state index >= 15 is 0 Å². The summed E-state index contributed by atoms with van der Waals surface area (Å²) in [4.78, 5) is 0. The molecule has 0 spiro atoms. The van der Waals surface area contributed by atoms with Gasteiger partial charge in [-0.05, 0) is 45.7 Å². The Morgan fingerprint density at radius 2 is 1.10 bits per heavy atom. The largest absolute Gasteiger partial charge is 0.507 e. The molecule has 2 rings (SSSR count). The van der Waals surface area contributed by atoms with Crippen molar-refractivity contribution in [3.05, 3.63) is 57.6 Å². The van der Waals surface area contributed by atoms with Gasteiger partial charge in [0.25, 0.3) is 0 Å². The van der Waals surface area contributed by atoms with E-state index in [-0.39, 0.29) is 11.5 Å². The van der Waals surface area contributed by atoms with Gasteiger partial charge < -0.3 is 10.2 Å². The van der Waals surface area contributed by atoms with E-state index in [1.54, 1.807) is 0 Å². The summed E-state index contributed by atoms with van der Waals surface area (Å²) in [6.07, 6.45) is 0. The second kappa shape index (κ2) is 5.35. The van der Waals surface area contributed by atoms with E-state index in [2.05, 4.69) is 9.24 Å². The van der Waals surface area contributed by atoms with Crippen LogP contribution >= 0.6 is 9.24 Å². The van der Waals surface area contributed by atoms with E-state index < -0.39 is 5.16 Å². The number of aromatic hydroxyl groups is 2. The van der Waals surface area contributed by atoms with Crippen molar-refractivity contribution in [2.45, 2.75) is 39.8 Å². The molecule has 2 aromatic carbocycles. The van der Waals surface area contributed by atoms with Gasteiger partial charge >= 0.3 is 0 Å². The molecule has 1 unspecified atom stereocenters. The highest BCUT2D eigenvalue weighted by Gasteiger charge is 2.30. The molecule has 112 valence electrons. The lowest BCUT2D eigenvalue weighted by atomic mass is 9.86. The van der Waals surface area contributed by atoms with Crippen LogP contribution in [-0.4, -0.2) is 10.2 Å². The van der Waals surface area contributed by atoms with Gasteiger partial charge in [-0.25, -0.2) is 0 Å². The normalized spacial score (nSPS) is 11.7. The Morgan fingerprint density at radius 3 is 1.43 bits per heavy atom. The molecule has 0 fully saturated rings. The van der Waals surface area contributed by atoms with Gasteiger partial charge in [-0.3, -0.25) is 0 Å². The molecule has 1 atom stereocenters. The molecular formula is C18H23O2P. The van der Waals surface area contributed by atoms with Crippen LogP contribution in [0.4, 0.5) is 0 Å². The summed E-state index contributed by atoms with van der Waals surface area (Å²) in [7, 11) is 2.78. The Kier molecular flexibility index (Phi) is 4.04. The summed E-state index contributed by atoms with van der Waals surface area (Å²) in [5.41, 5.74) is 5.51. The summed E-state index contributed by atoms with van der Waals surface area (Å²) in [5.74, 6) is 0.577. The quantitative estimate of drug-likeness (QED) is 0.804. The first-order valence-electron chi connectivity index (χ1n) is 7.05. The smallest absolute Gasteiger partial charge is 0.122 e. The minimum Gasteiger partial charge on any atom is -0.507 e. The van der Waals surface area contributed by atoms with E-state index in [0.29, 0.717) is 0 Å². The van der Waals surface area contributed by atoms with E-state index in [9.17, 15) is 10.2 Å².